The number of hydrogen-bond donors (Lipinski definition) is 0. The molecule has 2 heterocycles. The van der Waals surface area contributed by atoms with Crippen molar-refractivity contribution in [3.05, 3.63) is 40.8 Å². The van der Waals surface area contributed by atoms with Crippen LogP contribution in [-0.4, -0.2) is 28.0 Å². The molecular weight excluding hydrogens is 266 g/mol. The molecule has 4 heteroatoms. The molecule has 0 fully saturated rings. The Bertz CT molecular complexity index is 605. The van der Waals surface area contributed by atoms with Gasteiger partial charge in [0, 0.05) is 25.4 Å². The third-order valence-corrected chi connectivity index (χ3v) is 4.60. The zero-order valence-electron chi connectivity index (χ0n) is 12.5. The van der Waals surface area contributed by atoms with Gasteiger partial charge in [-0.3, -0.25) is 4.68 Å². The number of allylic oxidation sites excluding steroid dienone is 3. The second kappa shape index (κ2) is 5.92. The molecule has 1 aromatic heterocycles. The Morgan fingerprint density at radius 2 is 1.80 bits per heavy atom. The van der Waals surface area contributed by atoms with E-state index < -0.39 is 0 Å². The van der Waals surface area contributed by atoms with Crippen LogP contribution in [0.3, 0.4) is 0 Å². The topological polar surface area (TPSA) is 21.1 Å². The van der Waals surface area contributed by atoms with Crippen LogP contribution in [0.5, 0.6) is 0 Å². The zero-order chi connectivity index (χ0) is 14.3. The lowest BCUT2D eigenvalue weighted by Crippen LogP contribution is -2.21. The summed E-state index contributed by atoms with van der Waals surface area (Å²) in [5.41, 5.74) is 6.93. The quantitative estimate of drug-likeness (QED) is 0.761. The number of hydrogen-bond acceptors (Lipinski definition) is 3. The Hall–Kier alpha value is -1.42. The lowest BCUT2D eigenvalue weighted by Gasteiger charge is -2.30. The van der Waals surface area contributed by atoms with E-state index in [-0.39, 0.29) is 7.43 Å². The van der Waals surface area contributed by atoms with E-state index in [1.807, 2.05) is 11.7 Å². The maximum absolute atomic E-state index is 4.69. The minimum Gasteiger partial charge on any atom is -0.343 e. The summed E-state index contributed by atoms with van der Waals surface area (Å²) in [6.45, 7) is 10.5. The van der Waals surface area contributed by atoms with Crippen molar-refractivity contribution in [1.82, 2.24) is 14.7 Å². The Morgan fingerprint density at radius 1 is 1.20 bits per heavy atom. The van der Waals surface area contributed by atoms with E-state index in [4.69, 9.17) is 5.10 Å². The first kappa shape index (κ1) is 16.6. The SMILES string of the molecule is C.C=C1C(C)=CC(C)=C(c2nn(C)c(SC)c2C)N1C. The predicted octanol–water partition coefficient (Wildman–Crippen LogP) is 4.22. The van der Waals surface area contributed by atoms with Crippen molar-refractivity contribution < 1.29 is 0 Å². The smallest absolute Gasteiger partial charge is 0.113 e. The molecule has 1 aliphatic rings. The van der Waals surface area contributed by atoms with Gasteiger partial charge < -0.3 is 4.90 Å². The van der Waals surface area contributed by atoms with Crippen molar-refractivity contribution >= 4 is 17.5 Å². The normalized spacial score (nSPS) is 15.4. The molecule has 0 unspecified atom stereocenters. The van der Waals surface area contributed by atoms with Crippen LogP contribution in [0.15, 0.2) is 34.5 Å². The first-order valence-electron chi connectivity index (χ1n) is 6.28. The van der Waals surface area contributed by atoms with Gasteiger partial charge in [-0.25, -0.2) is 0 Å². The largest absolute Gasteiger partial charge is 0.343 e. The summed E-state index contributed by atoms with van der Waals surface area (Å²) in [5.74, 6) is 0. The lowest BCUT2D eigenvalue weighted by atomic mass is 10.00. The summed E-state index contributed by atoms with van der Waals surface area (Å²) in [4.78, 5) is 2.14. The molecular formula is C16H25N3S. The molecule has 0 aliphatic carbocycles. The molecule has 1 aromatic rings. The fourth-order valence-corrected chi connectivity index (χ4v) is 3.32. The van der Waals surface area contributed by atoms with Crippen LogP contribution >= 0.6 is 11.8 Å². The fraction of sp³-hybridized carbons (Fsp3) is 0.438. The number of rotatable bonds is 2. The van der Waals surface area contributed by atoms with Crippen molar-refractivity contribution in [2.75, 3.05) is 13.3 Å². The highest BCUT2D eigenvalue weighted by Gasteiger charge is 2.24. The third kappa shape index (κ3) is 2.44. The maximum Gasteiger partial charge on any atom is 0.113 e. The Labute approximate surface area is 127 Å². The average molecular weight is 291 g/mol. The lowest BCUT2D eigenvalue weighted by molar-refractivity contribution is 0.590. The van der Waals surface area contributed by atoms with E-state index in [1.54, 1.807) is 11.8 Å². The van der Waals surface area contributed by atoms with Crippen LogP contribution in [0, 0.1) is 6.92 Å². The minimum atomic E-state index is 0. The highest BCUT2D eigenvalue weighted by molar-refractivity contribution is 7.98. The standard InChI is InChI=1S/C15H21N3S.CH4/c1-9-8-10(2)14(17(5)12(9)4)13-11(3)15(19-7)18(6)16-13;/h8H,4H2,1-3,5-7H3;1H4. The molecule has 0 bridgehead atoms. The van der Waals surface area contributed by atoms with E-state index in [1.165, 1.54) is 21.7 Å². The maximum atomic E-state index is 4.69. The first-order chi connectivity index (χ1) is 8.88. The monoisotopic (exact) mass is 291 g/mol. The van der Waals surface area contributed by atoms with Crippen LogP contribution in [0.2, 0.25) is 0 Å². The van der Waals surface area contributed by atoms with Crippen molar-refractivity contribution in [3.63, 3.8) is 0 Å². The number of thioether (sulfide) groups is 1. The predicted molar refractivity (Wildman–Crippen MR) is 89.7 cm³/mol. The van der Waals surface area contributed by atoms with Crippen molar-refractivity contribution in [2.24, 2.45) is 7.05 Å². The number of aryl methyl sites for hydroxylation is 1. The molecule has 2 rings (SSSR count). The summed E-state index contributed by atoms with van der Waals surface area (Å²) >= 11 is 1.73. The van der Waals surface area contributed by atoms with E-state index in [2.05, 4.69) is 51.6 Å². The highest BCUT2D eigenvalue weighted by atomic mass is 32.2. The number of nitrogens with zero attached hydrogens (tertiary/aromatic N) is 3. The Balaban J connectivity index is 0.00000200. The van der Waals surface area contributed by atoms with Gasteiger partial charge in [-0.1, -0.05) is 20.1 Å². The van der Waals surface area contributed by atoms with Crippen LogP contribution in [0.4, 0.5) is 0 Å². The van der Waals surface area contributed by atoms with Gasteiger partial charge in [0.05, 0.1) is 10.7 Å². The highest BCUT2D eigenvalue weighted by Crippen LogP contribution is 2.35. The third-order valence-electron chi connectivity index (χ3n) is 3.64. The molecule has 0 aromatic carbocycles. The van der Waals surface area contributed by atoms with Gasteiger partial charge in [0.1, 0.15) is 5.69 Å². The molecule has 0 N–H and O–H groups in total. The minimum absolute atomic E-state index is 0. The second-order valence-corrected chi connectivity index (χ2v) is 5.77. The van der Waals surface area contributed by atoms with Gasteiger partial charge in [0.2, 0.25) is 0 Å². The van der Waals surface area contributed by atoms with Gasteiger partial charge in [-0.15, -0.1) is 11.8 Å². The van der Waals surface area contributed by atoms with Gasteiger partial charge in [0.15, 0.2) is 0 Å². The van der Waals surface area contributed by atoms with Crippen molar-refractivity contribution in [3.8, 4) is 0 Å². The van der Waals surface area contributed by atoms with Crippen molar-refractivity contribution in [2.45, 2.75) is 33.2 Å². The molecule has 20 heavy (non-hydrogen) atoms. The first-order valence-corrected chi connectivity index (χ1v) is 7.51. The number of aromatic nitrogens is 2. The zero-order valence-corrected chi connectivity index (χ0v) is 13.4. The van der Waals surface area contributed by atoms with Gasteiger partial charge in [-0.2, -0.15) is 5.10 Å². The number of likely N-dealkylation sites (N-methyl/N-ethyl adjacent to an activating group) is 1. The molecule has 110 valence electrons. The van der Waals surface area contributed by atoms with Gasteiger partial charge >= 0.3 is 0 Å². The fourth-order valence-electron chi connectivity index (χ4n) is 2.61. The van der Waals surface area contributed by atoms with Crippen LogP contribution in [0.25, 0.3) is 5.70 Å². The van der Waals surface area contributed by atoms with E-state index in [0.29, 0.717) is 0 Å². The second-order valence-electron chi connectivity index (χ2n) is 4.97. The van der Waals surface area contributed by atoms with E-state index in [0.717, 1.165) is 17.1 Å². The van der Waals surface area contributed by atoms with Gasteiger partial charge in [0.25, 0.3) is 0 Å². The van der Waals surface area contributed by atoms with Crippen LogP contribution in [-0.2, 0) is 7.05 Å². The Kier molecular flexibility index (Phi) is 4.92. The van der Waals surface area contributed by atoms with Crippen molar-refractivity contribution in [1.29, 1.82) is 0 Å². The molecule has 0 amide bonds. The Morgan fingerprint density at radius 3 is 2.30 bits per heavy atom. The summed E-state index contributed by atoms with van der Waals surface area (Å²) in [5, 5.41) is 5.90. The molecule has 1 aliphatic heterocycles. The summed E-state index contributed by atoms with van der Waals surface area (Å²) in [6, 6.07) is 0. The average Bonchev–Trinajstić information content (AvgIpc) is 2.62. The molecule has 0 saturated heterocycles. The molecule has 0 spiro atoms. The molecule has 0 radical (unpaired) electrons. The molecule has 0 saturated carbocycles. The van der Waals surface area contributed by atoms with Gasteiger partial charge in [-0.05, 0) is 38.2 Å². The summed E-state index contributed by atoms with van der Waals surface area (Å²) in [6.07, 6.45) is 4.27. The molecule has 0 atom stereocenters. The van der Waals surface area contributed by atoms with E-state index in [9.17, 15) is 0 Å². The summed E-state index contributed by atoms with van der Waals surface area (Å²) in [7, 11) is 4.06. The van der Waals surface area contributed by atoms with E-state index >= 15 is 0 Å². The summed E-state index contributed by atoms with van der Waals surface area (Å²) < 4.78 is 1.96. The molecule has 3 nitrogen and oxygen atoms in total. The van der Waals surface area contributed by atoms with Crippen LogP contribution < -0.4 is 0 Å². The van der Waals surface area contributed by atoms with Crippen LogP contribution in [0.1, 0.15) is 32.5 Å².